The molecular formula is C27H32N4O5S. The number of benzene rings is 1. The van der Waals surface area contributed by atoms with Crippen LogP contribution in [0, 0.1) is 13.8 Å². The van der Waals surface area contributed by atoms with Gasteiger partial charge in [-0.3, -0.25) is 9.13 Å². The molecule has 3 heterocycles. The highest BCUT2D eigenvalue weighted by Crippen LogP contribution is 2.33. The second-order valence-electron chi connectivity index (χ2n) is 8.97. The molecule has 0 aliphatic rings. The third-order valence-electron chi connectivity index (χ3n) is 6.44. The van der Waals surface area contributed by atoms with E-state index in [0.717, 1.165) is 28.5 Å². The topological polar surface area (TPSA) is 105 Å². The Morgan fingerprint density at radius 3 is 2.41 bits per heavy atom. The molecule has 4 aromatic rings. The fraction of sp³-hybridized carbons (Fsp3) is 0.370. The van der Waals surface area contributed by atoms with Crippen LogP contribution in [0.3, 0.4) is 0 Å². The normalized spacial score (nSPS) is 12.6. The molecule has 4 rings (SSSR count). The van der Waals surface area contributed by atoms with Crippen molar-refractivity contribution >= 4 is 21.0 Å². The highest BCUT2D eigenvalue weighted by atomic mass is 32.2. The van der Waals surface area contributed by atoms with Crippen molar-refractivity contribution in [2.24, 2.45) is 0 Å². The van der Waals surface area contributed by atoms with E-state index in [1.165, 1.54) is 11.7 Å². The van der Waals surface area contributed by atoms with Crippen molar-refractivity contribution in [2.45, 2.75) is 40.3 Å². The summed E-state index contributed by atoms with van der Waals surface area (Å²) in [6.07, 6.45) is 2.90. The zero-order valence-electron chi connectivity index (χ0n) is 22.0. The number of fused-ring (bicyclic) bond motifs is 1. The predicted octanol–water partition coefficient (Wildman–Crippen LogP) is 3.94. The minimum Gasteiger partial charge on any atom is -0.491 e. The van der Waals surface area contributed by atoms with Crippen LogP contribution < -0.4 is 15.2 Å². The molecule has 0 saturated heterocycles. The maximum atomic E-state index is 13.8. The molecule has 0 radical (unpaired) electrons. The maximum Gasteiger partial charge on any atom is 0.330 e. The minimum absolute atomic E-state index is 0.235. The number of ether oxygens (including phenoxy) is 2. The standard InChI is InChI=1S/C27H32N4O5S/c1-7-30-24-18(4)20(19-12-10-9-11-17(19)3)15-28-25(24)31(27(30)32)22(16-37(6,33)34)21-13-14-23(35-5)26(29-21)36-8-2/h9-15,22H,7-8,16H2,1-6H3/t22-/m1/s1. The Bertz CT molecular complexity index is 1620. The third kappa shape index (κ3) is 4.98. The van der Waals surface area contributed by atoms with E-state index in [2.05, 4.69) is 4.98 Å². The van der Waals surface area contributed by atoms with Gasteiger partial charge in [0.1, 0.15) is 9.84 Å². The molecule has 10 heteroatoms. The quantitative estimate of drug-likeness (QED) is 0.327. The highest BCUT2D eigenvalue weighted by Gasteiger charge is 2.29. The summed E-state index contributed by atoms with van der Waals surface area (Å²) in [7, 11) is -2.01. The largest absolute Gasteiger partial charge is 0.491 e. The lowest BCUT2D eigenvalue weighted by Gasteiger charge is -2.19. The second kappa shape index (κ2) is 10.4. The van der Waals surface area contributed by atoms with Crippen molar-refractivity contribution in [1.82, 2.24) is 19.1 Å². The third-order valence-corrected chi connectivity index (χ3v) is 7.36. The number of aryl methyl sites for hydroxylation is 3. The van der Waals surface area contributed by atoms with Gasteiger partial charge in [-0.15, -0.1) is 0 Å². The number of pyridine rings is 2. The number of hydrogen-bond donors (Lipinski definition) is 0. The first-order chi connectivity index (χ1) is 17.6. The summed E-state index contributed by atoms with van der Waals surface area (Å²) in [6.45, 7) is 8.45. The lowest BCUT2D eigenvalue weighted by Crippen LogP contribution is -2.32. The molecule has 37 heavy (non-hydrogen) atoms. The zero-order chi connectivity index (χ0) is 26.9. The number of sulfone groups is 1. The fourth-order valence-corrected chi connectivity index (χ4v) is 5.61. The van der Waals surface area contributed by atoms with Crippen molar-refractivity contribution in [3.63, 3.8) is 0 Å². The Balaban J connectivity index is 2.02. The maximum absolute atomic E-state index is 13.8. The summed E-state index contributed by atoms with van der Waals surface area (Å²) < 4.78 is 39.2. The molecule has 0 bridgehead atoms. The summed E-state index contributed by atoms with van der Waals surface area (Å²) in [5.41, 5.74) is 5.05. The molecule has 0 spiro atoms. The molecule has 0 fully saturated rings. The number of hydrogen-bond acceptors (Lipinski definition) is 7. The van der Waals surface area contributed by atoms with Gasteiger partial charge < -0.3 is 9.47 Å². The van der Waals surface area contributed by atoms with E-state index < -0.39 is 15.9 Å². The first kappa shape index (κ1) is 26.4. The second-order valence-corrected chi connectivity index (χ2v) is 11.2. The molecule has 0 N–H and O–H groups in total. The van der Waals surface area contributed by atoms with Gasteiger partial charge in [-0.1, -0.05) is 24.3 Å². The van der Waals surface area contributed by atoms with Crippen LogP contribution in [0.5, 0.6) is 11.6 Å². The van der Waals surface area contributed by atoms with Gasteiger partial charge in [0.15, 0.2) is 11.4 Å². The van der Waals surface area contributed by atoms with E-state index in [4.69, 9.17) is 14.5 Å². The van der Waals surface area contributed by atoms with Crippen molar-refractivity contribution in [3.8, 4) is 22.8 Å². The molecule has 3 aromatic heterocycles. The average molecular weight is 525 g/mol. The van der Waals surface area contributed by atoms with Crippen LogP contribution in [-0.2, 0) is 16.4 Å². The van der Waals surface area contributed by atoms with E-state index in [1.54, 1.807) is 22.9 Å². The summed E-state index contributed by atoms with van der Waals surface area (Å²) >= 11 is 0. The first-order valence-corrected chi connectivity index (χ1v) is 14.2. The molecule has 0 saturated carbocycles. The van der Waals surface area contributed by atoms with Crippen LogP contribution in [0.25, 0.3) is 22.3 Å². The lowest BCUT2D eigenvalue weighted by atomic mass is 9.98. The molecule has 1 atom stereocenters. The Hall–Kier alpha value is -3.66. The highest BCUT2D eigenvalue weighted by molar-refractivity contribution is 7.90. The van der Waals surface area contributed by atoms with Crippen LogP contribution in [0.2, 0.25) is 0 Å². The molecule has 0 aliphatic carbocycles. The molecule has 0 unspecified atom stereocenters. The van der Waals surface area contributed by atoms with E-state index >= 15 is 0 Å². The van der Waals surface area contributed by atoms with Gasteiger partial charge in [-0.25, -0.2) is 23.2 Å². The van der Waals surface area contributed by atoms with Gasteiger partial charge >= 0.3 is 5.69 Å². The van der Waals surface area contributed by atoms with Crippen molar-refractivity contribution < 1.29 is 17.9 Å². The monoisotopic (exact) mass is 524 g/mol. The number of imidazole rings is 1. The molecule has 0 aliphatic heterocycles. The van der Waals surface area contributed by atoms with E-state index in [1.807, 2.05) is 52.0 Å². The molecule has 9 nitrogen and oxygen atoms in total. The Morgan fingerprint density at radius 2 is 1.78 bits per heavy atom. The number of rotatable bonds is 9. The number of aromatic nitrogens is 4. The Kier molecular flexibility index (Phi) is 7.40. The van der Waals surface area contributed by atoms with Crippen LogP contribution in [0.1, 0.15) is 36.7 Å². The van der Waals surface area contributed by atoms with Crippen LogP contribution >= 0.6 is 0 Å². The predicted molar refractivity (Wildman–Crippen MR) is 144 cm³/mol. The summed E-state index contributed by atoms with van der Waals surface area (Å²) in [5, 5.41) is 0. The zero-order valence-corrected chi connectivity index (χ0v) is 22.8. The van der Waals surface area contributed by atoms with Crippen molar-refractivity contribution in [1.29, 1.82) is 0 Å². The fourth-order valence-electron chi connectivity index (χ4n) is 4.72. The Morgan fingerprint density at radius 1 is 1.05 bits per heavy atom. The number of methoxy groups -OCH3 is 1. The summed E-state index contributed by atoms with van der Waals surface area (Å²) in [6, 6.07) is 10.4. The molecular weight excluding hydrogens is 492 g/mol. The van der Waals surface area contributed by atoms with E-state index in [0.29, 0.717) is 35.8 Å². The SMILES string of the molecule is CCOc1nc([C@@H](CS(C)(=O)=O)n2c(=O)n(CC)c3c(C)c(-c4ccccc4C)cnc32)ccc1OC. The minimum atomic E-state index is -3.52. The van der Waals surface area contributed by atoms with Gasteiger partial charge in [-0.05, 0) is 56.5 Å². The van der Waals surface area contributed by atoms with Gasteiger partial charge in [0.05, 0.1) is 36.7 Å². The first-order valence-electron chi connectivity index (χ1n) is 12.1. The Labute approximate surface area is 216 Å². The summed E-state index contributed by atoms with van der Waals surface area (Å²) in [4.78, 5) is 23.1. The smallest absolute Gasteiger partial charge is 0.330 e. The van der Waals surface area contributed by atoms with Crippen LogP contribution in [0.4, 0.5) is 0 Å². The van der Waals surface area contributed by atoms with Crippen LogP contribution in [0.15, 0.2) is 47.4 Å². The molecule has 1 aromatic carbocycles. The summed E-state index contributed by atoms with van der Waals surface area (Å²) in [5.74, 6) is 0.323. The van der Waals surface area contributed by atoms with Crippen molar-refractivity contribution in [2.75, 3.05) is 25.7 Å². The van der Waals surface area contributed by atoms with Gasteiger partial charge in [0.25, 0.3) is 5.88 Å². The van der Waals surface area contributed by atoms with E-state index in [-0.39, 0.29) is 17.3 Å². The molecule has 196 valence electrons. The lowest BCUT2D eigenvalue weighted by molar-refractivity contribution is 0.296. The van der Waals surface area contributed by atoms with Gasteiger partial charge in [0.2, 0.25) is 0 Å². The molecule has 0 amide bonds. The van der Waals surface area contributed by atoms with Crippen molar-refractivity contribution in [3.05, 3.63) is 69.9 Å². The van der Waals surface area contributed by atoms with Gasteiger partial charge in [0, 0.05) is 24.6 Å². The number of nitrogens with zero attached hydrogens (tertiary/aromatic N) is 4. The van der Waals surface area contributed by atoms with Crippen LogP contribution in [-0.4, -0.2) is 53.2 Å². The average Bonchev–Trinajstić information content (AvgIpc) is 3.14. The van der Waals surface area contributed by atoms with E-state index in [9.17, 15) is 13.2 Å². The van der Waals surface area contributed by atoms with Gasteiger partial charge in [-0.2, -0.15) is 0 Å².